The number of nitrogens with zero attached hydrogens (tertiary/aromatic N) is 1. The molecule has 0 aromatic heterocycles. The van der Waals surface area contributed by atoms with E-state index in [1.54, 1.807) is 17.0 Å². The highest BCUT2D eigenvalue weighted by Gasteiger charge is 2.25. The van der Waals surface area contributed by atoms with Crippen molar-refractivity contribution in [2.45, 2.75) is 18.8 Å². The fourth-order valence-electron chi connectivity index (χ4n) is 2.38. The maximum Gasteiger partial charge on any atom is 0.409 e. The van der Waals surface area contributed by atoms with Gasteiger partial charge in [-0.25, -0.2) is 4.79 Å². The monoisotopic (exact) mass is 251 g/mol. The van der Waals surface area contributed by atoms with E-state index in [1.807, 2.05) is 0 Å². The second-order valence-electron chi connectivity index (χ2n) is 4.47. The van der Waals surface area contributed by atoms with Gasteiger partial charge in [0.15, 0.2) is 0 Å². The number of benzene rings is 1. The maximum absolute atomic E-state index is 11.3. The molecule has 0 atom stereocenters. The van der Waals surface area contributed by atoms with Crippen molar-refractivity contribution in [2.24, 2.45) is 0 Å². The summed E-state index contributed by atoms with van der Waals surface area (Å²) in [5.41, 5.74) is 0.831. The van der Waals surface area contributed by atoms with E-state index in [-0.39, 0.29) is 23.5 Å². The molecular formula is C13H17NO4. The summed E-state index contributed by atoms with van der Waals surface area (Å²) in [6.07, 6.45) is 1.27. The number of phenolic OH excluding ortho intramolecular Hbond substituents is 2. The Labute approximate surface area is 106 Å². The number of likely N-dealkylation sites (tertiary alicyclic amines) is 1. The average molecular weight is 251 g/mol. The third-order valence-corrected chi connectivity index (χ3v) is 3.38. The Balaban J connectivity index is 2.03. The van der Waals surface area contributed by atoms with Crippen molar-refractivity contribution < 1.29 is 19.7 Å². The molecule has 2 rings (SSSR count). The molecule has 1 saturated heterocycles. The predicted octanol–water partition coefficient (Wildman–Crippen LogP) is 2.04. The predicted molar refractivity (Wildman–Crippen MR) is 65.7 cm³/mol. The van der Waals surface area contributed by atoms with Gasteiger partial charge in [0.05, 0.1) is 7.11 Å². The van der Waals surface area contributed by atoms with E-state index in [0.29, 0.717) is 13.1 Å². The van der Waals surface area contributed by atoms with Crippen LogP contribution < -0.4 is 0 Å². The molecule has 5 nitrogen and oxygen atoms in total. The molecule has 0 spiro atoms. The lowest BCUT2D eigenvalue weighted by molar-refractivity contribution is 0.112. The summed E-state index contributed by atoms with van der Waals surface area (Å²) in [5, 5.41) is 19.1. The van der Waals surface area contributed by atoms with Gasteiger partial charge < -0.3 is 19.8 Å². The summed E-state index contributed by atoms with van der Waals surface area (Å²) < 4.78 is 4.67. The first-order chi connectivity index (χ1) is 8.61. The van der Waals surface area contributed by atoms with Gasteiger partial charge in [0.2, 0.25) is 0 Å². The van der Waals surface area contributed by atoms with Gasteiger partial charge in [-0.2, -0.15) is 0 Å². The summed E-state index contributed by atoms with van der Waals surface area (Å²) in [6.45, 7) is 1.25. The molecule has 1 aromatic carbocycles. The largest absolute Gasteiger partial charge is 0.508 e. The van der Waals surface area contributed by atoms with Crippen molar-refractivity contribution in [2.75, 3.05) is 20.2 Å². The molecule has 1 aromatic rings. The van der Waals surface area contributed by atoms with Crippen LogP contribution in [-0.4, -0.2) is 41.4 Å². The van der Waals surface area contributed by atoms with Crippen LogP contribution >= 0.6 is 0 Å². The van der Waals surface area contributed by atoms with Crippen molar-refractivity contribution in [3.63, 3.8) is 0 Å². The zero-order valence-electron chi connectivity index (χ0n) is 10.3. The van der Waals surface area contributed by atoms with Crippen LogP contribution in [0.4, 0.5) is 4.79 Å². The number of aromatic hydroxyl groups is 2. The minimum atomic E-state index is -0.302. The number of hydrogen-bond acceptors (Lipinski definition) is 4. The molecule has 1 aliphatic heterocycles. The molecule has 0 radical (unpaired) electrons. The highest BCUT2D eigenvalue weighted by atomic mass is 16.5. The lowest BCUT2D eigenvalue weighted by Gasteiger charge is -2.31. The molecule has 1 fully saturated rings. The number of carbonyl (C=O) groups is 1. The maximum atomic E-state index is 11.3. The van der Waals surface area contributed by atoms with Gasteiger partial charge in [-0.05, 0) is 30.4 Å². The molecule has 5 heteroatoms. The normalized spacial score (nSPS) is 16.6. The topological polar surface area (TPSA) is 70.0 Å². The number of ether oxygens (including phenoxy) is 1. The molecule has 98 valence electrons. The summed E-state index contributed by atoms with van der Waals surface area (Å²) in [4.78, 5) is 13.0. The van der Waals surface area contributed by atoms with Gasteiger partial charge >= 0.3 is 6.09 Å². The number of rotatable bonds is 1. The molecule has 18 heavy (non-hydrogen) atoms. The van der Waals surface area contributed by atoms with Crippen LogP contribution in [0.1, 0.15) is 24.3 Å². The minimum absolute atomic E-state index is 0.0586. The first-order valence-corrected chi connectivity index (χ1v) is 5.96. The molecule has 0 bridgehead atoms. The molecule has 0 saturated carbocycles. The lowest BCUT2D eigenvalue weighted by Crippen LogP contribution is -2.37. The zero-order valence-corrected chi connectivity index (χ0v) is 10.3. The van der Waals surface area contributed by atoms with E-state index in [1.165, 1.54) is 13.2 Å². The third kappa shape index (κ3) is 2.50. The Morgan fingerprint density at radius 1 is 1.33 bits per heavy atom. The second-order valence-corrected chi connectivity index (χ2v) is 4.47. The smallest absolute Gasteiger partial charge is 0.409 e. The number of piperidine rings is 1. The molecule has 2 N–H and O–H groups in total. The van der Waals surface area contributed by atoms with E-state index < -0.39 is 0 Å². The molecule has 1 heterocycles. The number of methoxy groups -OCH3 is 1. The summed E-state index contributed by atoms with van der Waals surface area (Å²) in [5.74, 6) is 0.390. The Hall–Kier alpha value is -1.91. The number of carbonyl (C=O) groups excluding carboxylic acids is 1. The summed E-state index contributed by atoms with van der Waals surface area (Å²) >= 11 is 0. The Morgan fingerprint density at radius 3 is 2.56 bits per heavy atom. The summed E-state index contributed by atoms with van der Waals surface area (Å²) in [7, 11) is 1.38. The highest BCUT2D eigenvalue weighted by molar-refractivity contribution is 5.67. The van der Waals surface area contributed by atoms with Crippen LogP contribution in [0, 0.1) is 0 Å². The van der Waals surface area contributed by atoms with Gasteiger partial charge in [0, 0.05) is 19.2 Å². The first-order valence-electron chi connectivity index (χ1n) is 5.96. The van der Waals surface area contributed by atoms with E-state index in [4.69, 9.17) is 0 Å². The van der Waals surface area contributed by atoms with Gasteiger partial charge in [-0.3, -0.25) is 0 Å². The van der Waals surface area contributed by atoms with Crippen LogP contribution in [0.3, 0.4) is 0 Å². The number of phenols is 2. The van der Waals surface area contributed by atoms with Crippen LogP contribution in [0.25, 0.3) is 0 Å². The first kappa shape index (κ1) is 12.5. The van der Waals surface area contributed by atoms with Crippen molar-refractivity contribution in [3.05, 3.63) is 23.8 Å². The van der Waals surface area contributed by atoms with Gasteiger partial charge in [0.25, 0.3) is 0 Å². The fourth-order valence-corrected chi connectivity index (χ4v) is 2.38. The fraction of sp³-hybridized carbons (Fsp3) is 0.462. The lowest BCUT2D eigenvalue weighted by atomic mass is 9.89. The summed E-state index contributed by atoms with van der Waals surface area (Å²) in [6, 6.07) is 4.66. The third-order valence-electron chi connectivity index (χ3n) is 3.38. The standard InChI is InChI=1S/C13H17NO4/c1-18-13(17)14-6-4-9(5-7-14)11-3-2-10(15)8-12(11)16/h2-3,8-9,15-16H,4-7H2,1H3. The second kappa shape index (κ2) is 5.16. The van der Waals surface area contributed by atoms with Crippen LogP contribution in [0.5, 0.6) is 11.5 Å². The van der Waals surface area contributed by atoms with Crippen molar-refractivity contribution in [1.82, 2.24) is 4.90 Å². The average Bonchev–Trinajstić information content (AvgIpc) is 2.38. The van der Waals surface area contributed by atoms with E-state index in [0.717, 1.165) is 18.4 Å². The van der Waals surface area contributed by atoms with E-state index >= 15 is 0 Å². The van der Waals surface area contributed by atoms with Crippen LogP contribution in [0.2, 0.25) is 0 Å². The van der Waals surface area contributed by atoms with Crippen LogP contribution in [-0.2, 0) is 4.74 Å². The SMILES string of the molecule is COC(=O)N1CCC(c2ccc(O)cc2O)CC1. The van der Waals surface area contributed by atoms with Gasteiger partial charge in [-0.15, -0.1) is 0 Å². The van der Waals surface area contributed by atoms with Crippen molar-refractivity contribution in [3.8, 4) is 11.5 Å². The molecule has 0 aliphatic carbocycles. The van der Waals surface area contributed by atoms with Crippen molar-refractivity contribution >= 4 is 6.09 Å². The minimum Gasteiger partial charge on any atom is -0.508 e. The molecule has 1 aliphatic rings. The molecular weight excluding hydrogens is 234 g/mol. The zero-order chi connectivity index (χ0) is 13.1. The Bertz CT molecular complexity index is 439. The van der Waals surface area contributed by atoms with Crippen LogP contribution in [0.15, 0.2) is 18.2 Å². The Morgan fingerprint density at radius 2 is 2.00 bits per heavy atom. The van der Waals surface area contributed by atoms with Gasteiger partial charge in [-0.1, -0.05) is 6.07 Å². The molecule has 0 unspecified atom stereocenters. The van der Waals surface area contributed by atoms with E-state index in [2.05, 4.69) is 4.74 Å². The highest BCUT2D eigenvalue weighted by Crippen LogP contribution is 2.35. The molecule has 1 amide bonds. The number of amides is 1. The van der Waals surface area contributed by atoms with E-state index in [9.17, 15) is 15.0 Å². The quantitative estimate of drug-likeness (QED) is 0.801. The number of hydrogen-bond donors (Lipinski definition) is 2. The van der Waals surface area contributed by atoms with Crippen molar-refractivity contribution in [1.29, 1.82) is 0 Å². The Kier molecular flexibility index (Phi) is 3.60. The van der Waals surface area contributed by atoms with Gasteiger partial charge in [0.1, 0.15) is 11.5 Å².